The minimum Gasteiger partial charge on any atom is -0.478 e. The summed E-state index contributed by atoms with van der Waals surface area (Å²) >= 11 is 1.29. The van der Waals surface area contributed by atoms with Crippen molar-refractivity contribution in [1.82, 2.24) is 0 Å². The number of hydrogen-bond acceptors (Lipinski definition) is 5. The number of thiophene rings is 1. The van der Waals surface area contributed by atoms with E-state index in [1.807, 2.05) is 29.6 Å². The number of fused-ring (bicyclic) bond motifs is 1. The molecule has 2 aromatic carbocycles. The first kappa shape index (κ1) is 21.7. The summed E-state index contributed by atoms with van der Waals surface area (Å²) in [6.07, 6.45) is 2.67. The SMILES string of the molecule is O=C(Nc1scc(C2CCc3ccccc3C2)c1C(=O)O)c1ccc(N2CCOCC2)cc1. The fourth-order valence-corrected chi connectivity index (χ4v) is 5.80. The van der Waals surface area contributed by atoms with Crippen LogP contribution in [0.4, 0.5) is 10.7 Å². The molecule has 0 bridgehead atoms. The summed E-state index contributed by atoms with van der Waals surface area (Å²) < 4.78 is 5.39. The number of amides is 1. The Hall–Kier alpha value is -3.16. The molecule has 1 fully saturated rings. The van der Waals surface area contributed by atoms with Crippen molar-refractivity contribution in [2.75, 3.05) is 36.5 Å². The van der Waals surface area contributed by atoms with Crippen LogP contribution >= 0.6 is 11.3 Å². The van der Waals surface area contributed by atoms with Gasteiger partial charge >= 0.3 is 5.97 Å². The van der Waals surface area contributed by atoms with Gasteiger partial charge in [0, 0.05) is 24.3 Å². The number of morpholine rings is 1. The Labute approximate surface area is 196 Å². The lowest BCUT2D eigenvalue weighted by Gasteiger charge is -2.28. The van der Waals surface area contributed by atoms with E-state index >= 15 is 0 Å². The molecule has 0 spiro atoms. The Balaban J connectivity index is 1.33. The molecule has 1 aromatic heterocycles. The molecule has 1 atom stereocenters. The average molecular weight is 463 g/mol. The van der Waals surface area contributed by atoms with Gasteiger partial charge in [-0.2, -0.15) is 0 Å². The number of benzene rings is 2. The quantitative estimate of drug-likeness (QED) is 0.569. The molecule has 0 saturated carbocycles. The first-order chi connectivity index (χ1) is 16.1. The monoisotopic (exact) mass is 462 g/mol. The fourth-order valence-electron chi connectivity index (χ4n) is 4.77. The third-order valence-electron chi connectivity index (χ3n) is 6.55. The molecular formula is C26H26N2O4S. The highest BCUT2D eigenvalue weighted by Gasteiger charge is 2.28. The first-order valence-corrected chi connectivity index (χ1v) is 12.1. The summed E-state index contributed by atoms with van der Waals surface area (Å²) in [6, 6.07) is 15.8. The van der Waals surface area contributed by atoms with E-state index in [0.29, 0.717) is 23.8 Å². The molecule has 0 radical (unpaired) electrons. The van der Waals surface area contributed by atoms with E-state index in [9.17, 15) is 14.7 Å². The second-order valence-corrected chi connectivity index (χ2v) is 9.39. The molecule has 2 heterocycles. The number of carboxylic acid groups (broad SMARTS) is 1. The molecule has 1 unspecified atom stereocenters. The van der Waals surface area contributed by atoms with Crippen LogP contribution in [0.25, 0.3) is 0 Å². The molecule has 1 aliphatic heterocycles. The number of nitrogens with zero attached hydrogens (tertiary/aromatic N) is 1. The van der Waals surface area contributed by atoms with Crippen molar-refractivity contribution in [2.24, 2.45) is 0 Å². The van der Waals surface area contributed by atoms with Gasteiger partial charge in [-0.3, -0.25) is 4.79 Å². The van der Waals surface area contributed by atoms with Crippen molar-refractivity contribution in [3.8, 4) is 0 Å². The van der Waals surface area contributed by atoms with E-state index in [4.69, 9.17) is 4.74 Å². The van der Waals surface area contributed by atoms with Gasteiger partial charge in [-0.15, -0.1) is 11.3 Å². The van der Waals surface area contributed by atoms with Crippen LogP contribution in [-0.2, 0) is 17.6 Å². The summed E-state index contributed by atoms with van der Waals surface area (Å²) in [7, 11) is 0. The molecule has 3 aromatic rings. The Morgan fingerprint density at radius 1 is 1.03 bits per heavy atom. The molecular weight excluding hydrogens is 436 g/mol. The minimum atomic E-state index is -0.997. The van der Waals surface area contributed by atoms with Crippen molar-refractivity contribution < 1.29 is 19.4 Å². The number of hydrogen-bond donors (Lipinski definition) is 2. The molecule has 6 nitrogen and oxygen atoms in total. The maximum atomic E-state index is 12.9. The van der Waals surface area contributed by atoms with E-state index in [-0.39, 0.29) is 17.4 Å². The van der Waals surface area contributed by atoms with Gasteiger partial charge in [0.25, 0.3) is 5.91 Å². The Kier molecular flexibility index (Phi) is 6.15. The lowest BCUT2D eigenvalue weighted by Crippen LogP contribution is -2.36. The van der Waals surface area contributed by atoms with Crippen LogP contribution in [0.1, 0.15) is 49.7 Å². The third kappa shape index (κ3) is 4.51. The maximum Gasteiger partial charge on any atom is 0.339 e. The van der Waals surface area contributed by atoms with Gasteiger partial charge in [-0.05, 0) is 71.5 Å². The topological polar surface area (TPSA) is 78.9 Å². The van der Waals surface area contributed by atoms with Crippen LogP contribution < -0.4 is 10.2 Å². The molecule has 7 heteroatoms. The zero-order chi connectivity index (χ0) is 22.8. The number of carbonyl (C=O) groups excluding carboxylic acids is 1. The van der Waals surface area contributed by atoms with Crippen LogP contribution in [-0.4, -0.2) is 43.3 Å². The number of anilines is 2. The number of rotatable bonds is 5. The van der Waals surface area contributed by atoms with Crippen LogP contribution in [0.5, 0.6) is 0 Å². The number of nitrogens with one attached hydrogen (secondary N) is 1. The van der Waals surface area contributed by atoms with Crippen molar-refractivity contribution in [2.45, 2.75) is 25.2 Å². The molecule has 2 N–H and O–H groups in total. The van der Waals surface area contributed by atoms with Crippen molar-refractivity contribution >= 4 is 33.9 Å². The highest BCUT2D eigenvalue weighted by Crippen LogP contribution is 2.39. The standard InChI is InChI=1S/C26H26N2O4S/c29-24(18-7-9-21(10-8-18)28-11-13-32-14-12-28)27-25-23(26(30)31)22(16-33-25)20-6-5-17-3-1-2-4-19(17)15-20/h1-4,7-10,16,20H,5-6,11-15H2,(H,27,29)(H,30,31). The Morgan fingerprint density at radius 2 is 1.76 bits per heavy atom. The van der Waals surface area contributed by atoms with Gasteiger partial charge in [-0.1, -0.05) is 24.3 Å². The van der Waals surface area contributed by atoms with Crippen LogP contribution in [0.3, 0.4) is 0 Å². The van der Waals surface area contributed by atoms with Crippen LogP contribution in [0.2, 0.25) is 0 Å². The predicted molar refractivity (Wildman–Crippen MR) is 130 cm³/mol. The molecule has 1 aliphatic carbocycles. The summed E-state index contributed by atoms with van der Waals surface area (Å²) in [5.74, 6) is -1.16. The largest absolute Gasteiger partial charge is 0.478 e. The number of aryl methyl sites for hydroxylation is 1. The highest BCUT2D eigenvalue weighted by atomic mass is 32.1. The second-order valence-electron chi connectivity index (χ2n) is 8.51. The molecule has 5 rings (SSSR count). The van der Waals surface area contributed by atoms with Gasteiger partial charge in [0.2, 0.25) is 0 Å². The van der Waals surface area contributed by atoms with Crippen molar-refractivity contribution in [1.29, 1.82) is 0 Å². The average Bonchev–Trinajstić information content (AvgIpc) is 3.28. The molecule has 1 amide bonds. The number of ether oxygens (including phenoxy) is 1. The molecule has 33 heavy (non-hydrogen) atoms. The third-order valence-corrected chi connectivity index (χ3v) is 7.47. The van der Waals surface area contributed by atoms with E-state index < -0.39 is 5.97 Å². The maximum absolute atomic E-state index is 12.9. The normalized spacial score (nSPS) is 17.9. The number of carbonyl (C=O) groups is 2. The molecule has 1 saturated heterocycles. The van der Waals surface area contributed by atoms with Gasteiger partial charge in [-0.25, -0.2) is 4.79 Å². The van der Waals surface area contributed by atoms with Gasteiger partial charge < -0.3 is 20.1 Å². The van der Waals surface area contributed by atoms with Crippen molar-refractivity contribution in [3.63, 3.8) is 0 Å². The van der Waals surface area contributed by atoms with Gasteiger partial charge in [0.1, 0.15) is 5.00 Å². The second kappa shape index (κ2) is 9.37. The van der Waals surface area contributed by atoms with Gasteiger partial charge in [0.05, 0.1) is 18.8 Å². The number of aromatic carboxylic acids is 1. The summed E-state index contributed by atoms with van der Waals surface area (Å²) in [5.41, 5.74) is 5.22. The van der Waals surface area contributed by atoms with E-state index in [0.717, 1.165) is 43.6 Å². The van der Waals surface area contributed by atoms with E-state index in [1.54, 1.807) is 12.1 Å². The molecule has 170 valence electrons. The zero-order valence-corrected chi connectivity index (χ0v) is 19.1. The number of carboxylic acids is 1. The molecule has 2 aliphatic rings. The van der Waals surface area contributed by atoms with Crippen LogP contribution in [0, 0.1) is 0 Å². The first-order valence-electron chi connectivity index (χ1n) is 11.3. The predicted octanol–water partition coefficient (Wildman–Crippen LogP) is 4.81. The highest BCUT2D eigenvalue weighted by molar-refractivity contribution is 7.15. The van der Waals surface area contributed by atoms with Crippen LogP contribution in [0.15, 0.2) is 53.9 Å². The minimum absolute atomic E-state index is 0.140. The summed E-state index contributed by atoms with van der Waals surface area (Å²) in [6.45, 7) is 3.06. The van der Waals surface area contributed by atoms with E-state index in [1.165, 1.54) is 22.5 Å². The lowest BCUT2D eigenvalue weighted by molar-refractivity contribution is 0.0696. The fraction of sp³-hybridized carbons (Fsp3) is 0.308. The Bertz CT molecular complexity index is 1170. The van der Waals surface area contributed by atoms with Crippen molar-refractivity contribution in [3.05, 3.63) is 81.7 Å². The Morgan fingerprint density at radius 3 is 2.48 bits per heavy atom. The van der Waals surface area contributed by atoms with Gasteiger partial charge in [0.15, 0.2) is 0 Å². The smallest absolute Gasteiger partial charge is 0.339 e. The summed E-state index contributed by atoms with van der Waals surface area (Å²) in [5, 5.41) is 15.1. The van der Waals surface area contributed by atoms with E-state index in [2.05, 4.69) is 22.3 Å². The zero-order valence-electron chi connectivity index (χ0n) is 18.3. The summed E-state index contributed by atoms with van der Waals surface area (Å²) in [4.78, 5) is 27.3. The lowest BCUT2D eigenvalue weighted by atomic mass is 9.80.